The number of halogens is 3. The number of nitrogens with zero attached hydrogens (tertiary/aromatic N) is 1. The summed E-state index contributed by atoms with van der Waals surface area (Å²) in [6.07, 6.45) is -0.479. The molecule has 0 unspecified atom stereocenters. The number of ether oxygens (including phenoxy) is 1. The lowest BCUT2D eigenvalue weighted by atomic mass is 9.81. The predicted molar refractivity (Wildman–Crippen MR) is 133 cm³/mol. The van der Waals surface area contributed by atoms with Crippen molar-refractivity contribution in [3.05, 3.63) is 65.2 Å². The number of benzene rings is 2. The number of alkyl halides is 3. The van der Waals surface area contributed by atoms with Gasteiger partial charge in [0.1, 0.15) is 0 Å². The number of nitrogens with one attached hydrogen (secondary N) is 2. The maximum absolute atomic E-state index is 14.0. The van der Waals surface area contributed by atoms with Crippen LogP contribution < -0.4 is 10.6 Å². The Balaban J connectivity index is 1.34. The van der Waals surface area contributed by atoms with Gasteiger partial charge in [-0.25, -0.2) is 0 Å². The summed E-state index contributed by atoms with van der Waals surface area (Å²) in [5.74, 6) is -0.556. The lowest BCUT2D eigenvalue weighted by Crippen LogP contribution is -2.50. The fourth-order valence-electron chi connectivity index (χ4n) is 6.30. The van der Waals surface area contributed by atoms with Gasteiger partial charge in [-0.2, -0.15) is 13.2 Å². The first kappa shape index (κ1) is 25.6. The summed E-state index contributed by atoms with van der Waals surface area (Å²) < 4.78 is 44.2. The summed E-state index contributed by atoms with van der Waals surface area (Å²) in [7, 11) is 1.68. The van der Waals surface area contributed by atoms with Crippen molar-refractivity contribution < 1.29 is 27.5 Å². The summed E-state index contributed by atoms with van der Waals surface area (Å²) in [5, 5.41) is 6.55. The molecule has 2 aromatic rings. The Morgan fingerprint density at radius 3 is 2.51 bits per heavy atom. The molecule has 6 nitrogen and oxygen atoms in total. The van der Waals surface area contributed by atoms with Gasteiger partial charge in [0, 0.05) is 36.9 Å². The number of hydrogen-bond donors (Lipinski definition) is 2. The first-order valence-electron chi connectivity index (χ1n) is 12.9. The van der Waals surface area contributed by atoms with Gasteiger partial charge in [-0.05, 0) is 55.2 Å². The van der Waals surface area contributed by atoms with E-state index in [-0.39, 0.29) is 41.4 Å². The summed E-state index contributed by atoms with van der Waals surface area (Å²) in [6.45, 7) is 1.19. The zero-order valence-corrected chi connectivity index (χ0v) is 20.8. The Hall–Kier alpha value is -3.07. The molecule has 1 aliphatic carbocycles. The molecule has 0 bridgehead atoms. The number of amides is 2. The molecular formula is C28H32F3N3O3. The average molecular weight is 516 g/mol. The Morgan fingerprint density at radius 1 is 1.05 bits per heavy atom. The molecule has 37 heavy (non-hydrogen) atoms. The van der Waals surface area contributed by atoms with Gasteiger partial charge >= 0.3 is 6.18 Å². The first-order valence-corrected chi connectivity index (χ1v) is 12.9. The van der Waals surface area contributed by atoms with Crippen molar-refractivity contribution in [1.82, 2.24) is 10.2 Å². The van der Waals surface area contributed by atoms with Crippen LogP contribution in [0.4, 0.5) is 18.9 Å². The molecule has 2 N–H and O–H groups in total. The zero-order valence-electron chi connectivity index (χ0n) is 20.8. The summed E-state index contributed by atoms with van der Waals surface area (Å²) in [5.41, 5.74) is 1.47. The Labute approximate surface area is 214 Å². The van der Waals surface area contributed by atoms with Crippen LogP contribution in [0.1, 0.15) is 59.6 Å². The average Bonchev–Trinajstić information content (AvgIpc) is 3.34. The van der Waals surface area contributed by atoms with Gasteiger partial charge in [-0.15, -0.1) is 0 Å². The van der Waals surface area contributed by atoms with E-state index in [9.17, 15) is 22.8 Å². The van der Waals surface area contributed by atoms with Gasteiger partial charge in [-0.1, -0.05) is 31.0 Å². The molecule has 2 aromatic carbocycles. The Morgan fingerprint density at radius 2 is 1.78 bits per heavy atom. The summed E-state index contributed by atoms with van der Waals surface area (Å²) >= 11 is 0. The number of rotatable bonds is 5. The largest absolute Gasteiger partial charge is 0.416 e. The van der Waals surface area contributed by atoms with E-state index in [1.807, 2.05) is 23.1 Å². The van der Waals surface area contributed by atoms with Crippen molar-refractivity contribution >= 4 is 17.5 Å². The maximum atomic E-state index is 14.0. The number of anilines is 1. The van der Waals surface area contributed by atoms with E-state index < -0.39 is 17.6 Å². The monoisotopic (exact) mass is 515 g/mol. The molecule has 1 saturated carbocycles. The second kappa shape index (κ2) is 10.4. The molecule has 2 fully saturated rings. The molecule has 0 radical (unpaired) electrons. The highest BCUT2D eigenvalue weighted by Crippen LogP contribution is 2.47. The van der Waals surface area contributed by atoms with Crippen molar-refractivity contribution in [3.8, 4) is 0 Å². The fourth-order valence-corrected chi connectivity index (χ4v) is 6.30. The molecule has 3 aliphatic rings. The molecule has 0 aromatic heterocycles. The van der Waals surface area contributed by atoms with Crippen LogP contribution in [0.3, 0.4) is 0 Å². The normalized spacial score (nSPS) is 27.1. The molecule has 2 aliphatic heterocycles. The SMILES string of the molecule is COC[C@@H]1Nc2ccccc2[C@H]2[C@@H]1CCN2C(=O)[C@H]1CCCC[C@H]1NC(=O)c1ccc(C(F)(F)F)cc1. The molecule has 1 saturated heterocycles. The molecule has 2 amide bonds. The van der Waals surface area contributed by atoms with Crippen LogP contribution in [0.25, 0.3) is 0 Å². The minimum atomic E-state index is -4.46. The molecule has 198 valence electrons. The molecular weight excluding hydrogens is 483 g/mol. The third-order valence-corrected chi connectivity index (χ3v) is 8.09. The van der Waals surface area contributed by atoms with E-state index in [1.165, 1.54) is 12.1 Å². The van der Waals surface area contributed by atoms with Crippen molar-refractivity contribution in [2.45, 2.75) is 56.4 Å². The van der Waals surface area contributed by atoms with Crippen LogP contribution in [0, 0.1) is 11.8 Å². The quantitative estimate of drug-likeness (QED) is 0.587. The van der Waals surface area contributed by atoms with Crippen LogP contribution in [-0.2, 0) is 15.7 Å². The fraction of sp³-hybridized carbons (Fsp3) is 0.500. The number of fused-ring (bicyclic) bond motifs is 3. The van der Waals surface area contributed by atoms with Gasteiger partial charge < -0.3 is 20.3 Å². The van der Waals surface area contributed by atoms with E-state index in [1.54, 1.807) is 7.11 Å². The predicted octanol–water partition coefficient (Wildman–Crippen LogP) is 5.02. The van der Waals surface area contributed by atoms with Gasteiger partial charge in [0.2, 0.25) is 5.91 Å². The van der Waals surface area contributed by atoms with Gasteiger partial charge in [0.15, 0.2) is 0 Å². The molecule has 5 atom stereocenters. The third kappa shape index (κ3) is 5.06. The van der Waals surface area contributed by atoms with Crippen molar-refractivity contribution in [1.29, 1.82) is 0 Å². The molecule has 5 rings (SSSR count). The van der Waals surface area contributed by atoms with Crippen LogP contribution in [0.2, 0.25) is 0 Å². The van der Waals surface area contributed by atoms with Crippen LogP contribution in [0.15, 0.2) is 48.5 Å². The Bertz CT molecular complexity index is 1140. The standard InChI is InChI=1S/C28H32F3N3O3/c1-37-16-24-20-14-15-34(25(20)19-6-2-4-8-22(19)32-24)27(36)21-7-3-5-9-23(21)33-26(35)17-10-12-18(13-11-17)28(29,30)31/h2,4,6,8,10-13,20-21,23-25,32H,3,5,7,9,14-16H2,1H3,(H,33,35)/t20-,21+,23-,24+,25+/m1/s1. The van der Waals surface area contributed by atoms with Crippen LogP contribution in [-0.4, -0.2) is 49.1 Å². The minimum Gasteiger partial charge on any atom is -0.383 e. The first-order chi connectivity index (χ1) is 17.8. The van der Waals surface area contributed by atoms with Crippen molar-refractivity contribution in [2.75, 3.05) is 25.6 Å². The van der Waals surface area contributed by atoms with Crippen molar-refractivity contribution in [2.24, 2.45) is 11.8 Å². The maximum Gasteiger partial charge on any atom is 0.416 e. The van der Waals surface area contributed by atoms with E-state index >= 15 is 0 Å². The number of para-hydroxylation sites is 1. The minimum absolute atomic E-state index is 0.0396. The highest BCUT2D eigenvalue weighted by molar-refractivity contribution is 5.95. The van der Waals surface area contributed by atoms with Crippen LogP contribution >= 0.6 is 0 Å². The van der Waals surface area contributed by atoms with E-state index in [4.69, 9.17) is 4.74 Å². The lowest BCUT2D eigenvalue weighted by Gasteiger charge is -2.41. The summed E-state index contributed by atoms with van der Waals surface area (Å²) in [4.78, 5) is 28.9. The van der Waals surface area contributed by atoms with E-state index in [0.717, 1.165) is 42.6 Å². The van der Waals surface area contributed by atoms with Crippen LogP contribution in [0.5, 0.6) is 0 Å². The molecule has 9 heteroatoms. The van der Waals surface area contributed by atoms with Crippen molar-refractivity contribution in [3.63, 3.8) is 0 Å². The van der Waals surface area contributed by atoms with E-state index in [0.29, 0.717) is 26.0 Å². The second-order valence-electron chi connectivity index (χ2n) is 10.3. The number of likely N-dealkylation sites (tertiary alicyclic amines) is 1. The third-order valence-electron chi connectivity index (χ3n) is 8.09. The van der Waals surface area contributed by atoms with Gasteiger partial charge in [-0.3, -0.25) is 9.59 Å². The molecule has 2 heterocycles. The highest BCUT2D eigenvalue weighted by atomic mass is 19.4. The lowest BCUT2D eigenvalue weighted by molar-refractivity contribution is -0.139. The molecule has 0 spiro atoms. The number of carbonyl (C=O) groups excluding carboxylic acids is 2. The number of methoxy groups -OCH3 is 1. The van der Waals surface area contributed by atoms with Gasteiger partial charge in [0.05, 0.1) is 30.2 Å². The highest BCUT2D eigenvalue weighted by Gasteiger charge is 2.48. The number of hydrogen-bond acceptors (Lipinski definition) is 4. The van der Waals surface area contributed by atoms with Gasteiger partial charge in [0.25, 0.3) is 5.91 Å². The summed E-state index contributed by atoms with van der Waals surface area (Å²) in [6, 6.07) is 11.9. The zero-order chi connectivity index (χ0) is 26.2. The smallest absolute Gasteiger partial charge is 0.383 e. The second-order valence-corrected chi connectivity index (χ2v) is 10.3. The number of carbonyl (C=O) groups is 2. The van der Waals surface area contributed by atoms with E-state index in [2.05, 4.69) is 16.7 Å². The topological polar surface area (TPSA) is 70.7 Å². The Kier molecular flexibility index (Phi) is 7.16.